The van der Waals surface area contributed by atoms with Gasteiger partial charge < -0.3 is 26.0 Å². The maximum Gasteiger partial charge on any atom is 0.166 e. The second-order valence-corrected chi connectivity index (χ2v) is 8.33. The molecule has 3 unspecified atom stereocenters. The van der Waals surface area contributed by atoms with Gasteiger partial charge in [0.25, 0.3) is 0 Å². The molecule has 1 radical (unpaired) electrons. The zero-order chi connectivity index (χ0) is 21.3. The highest BCUT2D eigenvalue weighted by atomic mass is 16.5. The van der Waals surface area contributed by atoms with Gasteiger partial charge in [-0.3, -0.25) is 0 Å². The van der Waals surface area contributed by atoms with Crippen LogP contribution in [0.1, 0.15) is 105 Å². The fourth-order valence-electron chi connectivity index (χ4n) is 3.80. The lowest BCUT2D eigenvalue weighted by atomic mass is 9.84. The van der Waals surface area contributed by atoms with Gasteiger partial charge in [0.15, 0.2) is 6.29 Å². The number of aliphatic hydroxyl groups excluding tert-OH is 2. The molecule has 0 saturated heterocycles. The first-order valence-electron chi connectivity index (χ1n) is 11.7. The molecule has 3 atom stereocenters. The van der Waals surface area contributed by atoms with E-state index in [4.69, 9.17) is 0 Å². The van der Waals surface area contributed by atoms with Gasteiger partial charge in [0, 0.05) is 6.04 Å². The van der Waals surface area contributed by atoms with Crippen LogP contribution < -0.4 is 10.6 Å². The van der Waals surface area contributed by atoms with E-state index in [1.807, 2.05) is 0 Å². The van der Waals surface area contributed by atoms with Crippen LogP contribution in [0.5, 0.6) is 0 Å². The summed E-state index contributed by atoms with van der Waals surface area (Å²) in [5.74, 6) is 0. The molecule has 0 aliphatic heterocycles. The van der Waals surface area contributed by atoms with Crippen LogP contribution >= 0.6 is 0 Å². The normalized spacial score (nSPS) is 16.3. The first-order chi connectivity index (χ1) is 13.5. The average molecular weight is 402 g/mol. The fraction of sp³-hybridized carbons (Fsp3) is 0.957. The van der Waals surface area contributed by atoms with Gasteiger partial charge in [0.2, 0.25) is 0 Å². The highest BCUT2D eigenvalue weighted by Gasteiger charge is 2.37. The molecule has 5 nitrogen and oxygen atoms in total. The molecule has 0 saturated carbocycles. The van der Waals surface area contributed by atoms with Crippen molar-refractivity contribution in [2.75, 3.05) is 13.2 Å². The zero-order valence-corrected chi connectivity index (χ0v) is 19.1. The summed E-state index contributed by atoms with van der Waals surface area (Å²) in [5.41, 5.74) is -0.422. The number of unbranched alkanes of at least 4 members (excludes halogenated alkanes) is 9. The van der Waals surface area contributed by atoms with Crippen molar-refractivity contribution in [1.82, 2.24) is 10.6 Å². The van der Waals surface area contributed by atoms with Crippen molar-refractivity contribution in [2.24, 2.45) is 0 Å². The molecule has 0 aliphatic rings. The molecule has 0 aromatic heterocycles. The van der Waals surface area contributed by atoms with Gasteiger partial charge in [-0.1, -0.05) is 78.6 Å². The molecule has 0 aliphatic carbocycles. The lowest BCUT2D eigenvalue weighted by Crippen LogP contribution is -2.64. The van der Waals surface area contributed by atoms with Crippen molar-refractivity contribution < 1.29 is 15.3 Å². The molecule has 5 heteroatoms. The van der Waals surface area contributed by atoms with Gasteiger partial charge in [-0.15, -0.1) is 0 Å². The van der Waals surface area contributed by atoms with Crippen molar-refractivity contribution in [3.05, 3.63) is 6.42 Å². The average Bonchev–Trinajstić information content (AvgIpc) is 2.69. The van der Waals surface area contributed by atoms with E-state index in [9.17, 15) is 15.3 Å². The minimum atomic E-state index is -1.40. The predicted molar refractivity (Wildman–Crippen MR) is 119 cm³/mol. The van der Waals surface area contributed by atoms with Crippen molar-refractivity contribution in [2.45, 2.75) is 129 Å². The van der Waals surface area contributed by atoms with Crippen LogP contribution in [0.2, 0.25) is 0 Å². The van der Waals surface area contributed by atoms with E-state index in [2.05, 4.69) is 37.8 Å². The number of rotatable bonds is 20. The van der Waals surface area contributed by atoms with Gasteiger partial charge in [0.1, 0.15) is 0 Å². The Balaban J connectivity index is 4.43. The standard InChI is InChI=1S/C23H49N2O3/c1-5-8-10-11-12-13-14-15-16-18-24-23(7-3,19-26)21(17-9-6-2)25-20(4)22(27)28/h5,20-22,24-28H,6-19H2,1-4H3. The van der Waals surface area contributed by atoms with E-state index in [-0.39, 0.29) is 12.6 Å². The van der Waals surface area contributed by atoms with Crippen LogP contribution in [0.25, 0.3) is 0 Å². The zero-order valence-electron chi connectivity index (χ0n) is 19.1. The maximum atomic E-state index is 10.2. The third-order valence-corrected chi connectivity index (χ3v) is 5.98. The molecule has 28 heavy (non-hydrogen) atoms. The summed E-state index contributed by atoms with van der Waals surface area (Å²) in [6, 6.07) is -0.416. The molecular weight excluding hydrogens is 352 g/mol. The van der Waals surface area contributed by atoms with Crippen LogP contribution in [0.3, 0.4) is 0 Å². The Labute approximate surface area is 174 Å². The molecule has 0 bridgehead atoms. The largest absolute Gasteiger partial charge is 0.394 e. The molecule has 0 aromatic rings. The number of hydrogen-bond donors (Lipinski definition) is 5. The SMILES string of the molecule is C[CH]CCCCCCCCCNC(CC)(CO)C(CCCC)NC(C)C(O)O. The lowest BCUT2D eigenvalue weighted by molar-refractivity contribution is -0.0688. The second kappa shape index (κ2) is 17.6. The summed E-state index contributed by atoms with van der Waals surface area (Å²) in [5, 5.41) is 36.1. The first-order valence-corrected chi connectivity index (χ1v) is 11.7. The van der Waals surface area contributed by atoms with Crippen LogP contribution in [-0.2, 0) is 0 Å². The van der Waals surface area contributed by atoms with Crippen molar-refractivity contribution in [1.29, 1.82) is 0 Å². The van der Waals surface area contributed by atoms with E-state index < -0.39 is 17.9 Å². The Hall–Kier alpha value is -0.200. The van der Waals surface area contributed by atoms with Crippen LogP contribution in [0.15, 0.2) is 0 Å². The van der Waals surface area contributed by atoms with Gasteiger partial charge >= 0.3 is 0 Å². The molecule has 0 rings (SSSR count). The van der Waals surface area contributed by atoms with Crippen molar-refractivity contribution >= 4 is 0 Å². The van der Waals surface area contributed by atoms with Gasteiger partial charge in [-0.25, -0.2) is 0 Å². The summed E-state index contributed by atoms with van der Waals surface area (Å²) in [7, 11) is 0. The molecule has 169 valence electrons. The Kier molecular flexibility index (Phi) is 17.5. The van der Waals surface area contributed by atoms with Crippen LogP contribution in [0, 0.1) is 6.42 Å². The summed E-state index contributed by atoms with van der Waals surface area (Å²) < 4.78 is 0. The van der Waals surface area contributed by atoms with Crippen LogP contribution in [-0.4, -0.2) is 52.4 Å². The minimum absolute atomic E-state index is 0.00891. The van der Waals surface area contributed by atoms with E-state index >= 15 is 0 Å². The Morgan fingerprint density at radius 2 is 1.54 bits per heavy atom. The molecule has 5 N–H and O–H groups in total. The number of nitrogens with one attached hydrogen (secondary N) is 2. The molecule has 0 heterocycles. The van der Waals surface area contributed by atoms with E-state index in [0.29, 0.717) is 0 Å². The molecular formula is C23H49N2O3. The number of aliphatic hydroxyl groups is 3. The van der Waals surface area contributed by atoms with Gasteiger partial charge in [-0.2, -0.15) is 0 Å². The monoisotopic (exact) mass is 401 g/mol. The summed E-state index contributed by atoms with van der Waals surface area (Å²) >= 11 is 0. The quantitative estimate of drug-likeness (QED) is 0.158. The Bertz CT molecular complexity index is 336. The van der Waals surface area contributed by atoms with Crippen molar-refractivity contribution in [3.63, 3.8) is 0 Å². The van der Waals surface area contributed by atoms with Crippen molar-refractivity contribution in [3.8, 4) is 0 Å². The second-order valence-electron chi connectivity index (χ2n) is 8.33. The molecule has 0 spiro atoms. The van der Waals surface area contributed by atoms with Crippen LogP contribution in [0.4, 0.5) is 0 Å². The summed E-state index contributed by atoms with van der Waals surface area (Å²) in [4.78, 5) is 0. The van der Waals surface area contributed by atoms with E-state index in [0.717, 1.165) is 38.6 Å². The topological polar surface area (TPSA) is 84.8 Å². The van der Waals surface area contributed by atoms with E-state index in [1.54, 1.807) is 6.92 Å². The highest BCUT2D eigenvalue weighted by Crippen LogP contribution is 2.21. The first kappa shape index (κ1) is 27.8. The predicted octanol–water partition coefficient (Wildman–Crippen LogP) is 3.91. The summed E-state index contributed by atoms with van der Waals surface area (Å²) in [6.07, 6.45) is 14.8. The minimum Gasteiger partial charge on any atom is -0.394 e. The third-order valence-electron chi connectivity index (χ3n) is 5.98. The lowest BCUT2D eigenvalue weighted by Gasteiger charge is -2.42. The highest BCUT2D eigenvalue weighted by molar-refractivity contribution is 4.98. The molecule has 0 fully saturated rings. The summed E-state index contributed by atoms with van der Waals surface area (Å²) in [6.45, 7) is 9.09. The molecule has 0 aromatic carbocycles. The fourth-order valence-corrected chi connectivity index (χ4v) is 3.80. The third kappa shape index (κ3) is 11.7. The Morgan fingerprint density at radius 1 is 0.929 bits per heavy atom. The smallest absolute Gasteiger partial charge is 0.166 e. The maximum absolute atomic E-state index is 10.2. The molecule has 0 amide bonds. The number of hydrogen-bond acceptors (Lipinski definition) is 5. The Morgan fingerprint density at radius 3 is 2.04 bits per heavy atom. The van der Waals surface area contributed by atoms with Gasteiger partial charge in [-0.05, 0) is 39.2 Å². The van der Waals surface area contributed by atoms with E-state index in [1.165, 1.54) is 44.9 Å². The van der Waals surface area contributed by atoms with Gasteiger partial charge in [0.05, 0.1) is 18.2 Å².